The molecule has 0 aromatic rings. The summed E-state index contributed by atoms with van der Waals surface area (Å²) in [6.45, 7) is 8.29. The summed E-state index contributed by atoms with van der Waals surface area (Å²) in [5, 5.41) is 25.1. The second-order valence-electron chi connectivity index (χ2n) is 4.03. The molecular formula is C12H28N2O4. The van der Waals surface area contributed by atoms with E-state index in [1.165, 1.54) is 0 Å². The molecule has 18 heavy (non-hydrogen) atoms. The number of nitrogens with one attached hydrogen (secondary N) is 2. The second-order valence-corrected chi connectivity index (χ2v) is 4.03. The van der Waals surface area contributed by atoms with E-state index in [4.69, 9.17) is 9.47 Å². The molecular weight excluding hydrogens is 236 g/mol. The van der Waals surface area contributed by atoms with Crippen LogP contribution >= 0.6 is 0 Å². The van der Waals surface area contributed by atoms with Crippen LogP contribution in [0.3, 0.4) is 0 Å². The Bertz CT molecular complexity index is 154. The molecule has 0 saturated heterocycles. The first kappa shape index (κ1) is 17.8. The van der Waals surface area contributed by atoms with E-state index >= 15 is 0 Å². The van der Waals surface area contributed by atoms with Crippen LogP contribution in [0, 0.1) is 0 Å². The quantitative estimate of drug-likeness (QED) is 0.318. The molecule has 2 unspecified atom stereocenters. The Balaban J connectivity index is 3.19. The van der Waals surface area contributed by atoms with Crippen molar-refractivity contribution in [2.24, 2.45) is 0 Å². The molecule has 0 spiro atoms. The van der Waals surface area contributed by atoms with Crippen LogP contribution in [0.2, 0.25) is 0 Å². The maximum atomic E-state index is 9.46. The highest BCUT2D eigenvalue weighted by atomic mass is 16.5. The minimum atomic E-state index is -0.464. The van der Waals surface area contributed by atoms with E-state index in [1.54, 1.807) is 0 Å². The van der Waals surface area contributed by atoms with Crippen LogP contribution in [0.15, 0.2) is 0 Å². The number of ether oxygens (including phenoxy) is 2. The lowest BCUT2D eigenvalue weighted by atomic mass is 10.3. The Hall–Kier alpha value is -0.240. The van der Waals surface area contributed by atoms with Gasteiger partial charge in [0.1, 0.15) is 0 Å². The molecule has 0 fully saturated rings. The molecule has 4 N–H and O–H groups in total. The molecule has 0 amide bonds. The third kappa shape index (κ3) is 12.2. The Labute approximate surface area is 110 Å². The standard InChI is InChI=1S/C12H28N2O4/c1-3-17-9-11(15)7-13-5-6-14-8-12(16)10-18-4-2/h11-16H,3-10H2,1-2H3. The molecule has 0 aliphatic carbocycles. The zero-order chi connectivity index (χ0) is 13.6. The van der Waals surface area contributed by atoms with Gasteiger partial charge in [-0.3, -0.25) is 0 Å². The zero-order valence-corrected chi connectivity index (χ0v) is 11.5. The molecule has 0 aromatic carbocycles. The SMILES string of the molecule is CCOCC(O)CNCCNCC(O)COCC. The Morgan fingerprint density at radius 3 is 1.56 bits per heavy atom. The van der Waals surface area contributed by atoms with Crippen molar-refractivity contribution in [2.45, 2.75) is 26.1 Å². The van der Waals surface area contributed by atoms with Gasteiger partial charge in [0.15, 0.2) is 0 Å². The van der Waals surface area contributed by atoms with Crippen LogP contribution in [-0.2, 0) is 9.47 Å². The lowest BCUT2D eigenvalue weighted by Crippen LogP contribution is -2.37. The highest BCUT2D eigenvalue weighted by Gasteiger charge is 2.04. The van der Waals surface area contributed by atoms with Crippen LogP contribution in [0.4, 0.5) is 0 Å². The fraction of sp³-hybridized carbons (Fsp3) is 1.00. The first-order valence-corrected chi connectivity index (χ1v) is 6.63. The molecule has 0 bridgehead atoms. The van der Waals surface area contributed by atoms with Crippen LogP contribution < -0.4 is 10.6 Å². The number of rotatable bonds is 13. The van der Waals surface area contributed by atoms with Crippen LogP contribution in [0.1, 0.15) is 13.8 Å². The van der Waals surface area contributed by atoms with Gasteiger partial charge >= 0.3 is 0 Å². The van der Waals surface area contributed by atoms with Crippen LogP contribution in [-0.4, -0.2) is 75.0 Å². The fourth-order valence-corrected chi connectivity index (χ4v) is 1.34. The molecule has 0 heterocycles. The summed E-state index contributed by atoms with van der Waals surface area (Å²) >= 11 is 0. The first-order chi connectivity index (χ1) is 8.70. The van der Waals surface area contributed by atoms with Crippen molar-refractivity contribution >= 4 is 0 Å². The lowest BCUT2D eigenvalue weighted by Gasteiger charge is -2.13. The predicted octanol–water partition coefficient (Wildman–Crippen LogP) is -1.04. The fourth-order valence-electron chi connectivity index (χ4n) is 1.34. The summed E-state index contributed by atoms with van der Waals surface area (Å²) in [4.78, 5) is 0. The Morgan fingerprint density at radius 1 is 0.833 bits per heavy atom. The number of aliphatic hydroxyl groups excluding tert-OH is 2. The minimum absolute atomic E-state index is 0.365. The molecule has 6 heteroatoms. The van der Waals surface area contributed by atoms with E-state index in [1.807, 2.05) is 13.8 Å². The predicted molar refractivity (Wildman–Crippen MR) is 70.7 cm³/mol. The van der Waals surface area contributed by atoms with E-state index in [-0.39, 0.29) is 0 Å². The van der Waals surface area contributed by atoms with Gasteiger partial charge in [-0.25, -0.2) is 0 Å². The molecule has 0 aliphatic rings. The second kappa shape index (κ2) is 13.2. The first-order valence-electron chi connectivity index (χ1n) is 6.63. The maximum Gasteiger partial charge on any atom is 0.0897 e. The van der Waals surface area contributed by atoms with E-state index in [9.17, 15) is 10.2 Å². The number of hydrogen-bond acceptors (Lipinski definition) is 6. The summed E-state index contributed by atoms with van der Waals surface area (Å²) in [6, 6.07) is 0. The minimum Gasteiger partial charge on any atom is -0.389 e. The monoisotopic (exact) mass is 264 g/mol. The third-order valence-electron chi connectivity index (χ3n) is 2.27. The van der Waals surface area contributed by atoms with Crippen molar-refractivity contribution in [2.75, 3.05) is 52.6 Å². The normalized spacial score (nSPS) is 14.7. The van der Waals surface area contributed by atoms with Gasteiger partial charge in [0.05, 0.1) is 25.4 Å². The summed E-state index contributed by atoms with van der Waals surface area (Å²) in [7, 11) is 0. The molecule has 0 radical (unpaired) electrons. The molecule has 0 aliphatic heterocycles. The molecule has 6 nitrogen and oxygen atoms in total. The van der Waals surface area contributed by atoms with Crippen molar-refractivity contribution in [3.8, 4) is 0 Å². The van der Waals surface area contributed by atoms with Crippen molar-refractivity contribution in [1.82, 2.24) is 10.6 Å². The molecule has 0 rings (SSSR count). The van der Waals surface area contributed by atoms with E-state index in [0.717, 1.165) is 13.1 Å². The summed E-state index contributed by atoms with van der Waals surface area (Å²) in [5.74, 6) is 0. The van der Waals surface area contributed by atoms with Gasteiger partial charge in [-0.2, -0.15) is 0 Å². The number of hydrogen-bond donors (Lipinski definition) is 4. The van der Waals surface area contributed by atoms with Gasteiger partial charge in [-0.15, -0.1) is 0 Å². The van der Waals surface area contributed by atoms with Crippen molar-refractivity contribution in [3.05, 3.63) is 0 Å². The summed E-state index contributed by atoms with van der Waals surface area (Å²) in [6.07, 6.45) is -0.929. The van der Waals surface area contributed by atoms with Crippen molar-refractivity contribution < 1.29 is 19.7 Å². The van der Waals surface area contributed by atoms with Gasteiger partial charge in [0.2, 0.25) is 0 Å². The average molecular weight is 264 g/mol. The third-order valence-corrected chi connectivity index (χ3v) is 2.27. The molecule has 110 valence electrons. The molecule has 2 atom stereocenters. The summed E-state index contributed by atoms with van der Waals surface area (Å²) in [5.41, 5.74) is 0. The van der Waals surface area contributed by atoms with E-state index in [2.05, 4.69) is 10.6 Å². The van der Waals surface area contributed by atoms with Gasteiger partial charge in [0.25, 0.3) is 0 Å². The van der Waals surface area contributed by atoms with Gasteiger partial charge < -0.3 is 30.3 Å². The number of aliphatic hydroxyl groups is 2. The van der Waals surface area contributed by atoms with E-state index < -0.39 is 12.2 Å². The highest BCUT2D eigenvalue weighted by molar-refractivity contribution is 4.62. The lowest BCUT2D eigenvalue weighted by molar-refractivity contribution is 0.0412. The molecule has 0 saturated carbocycles. The molecule has 0 aromatic heterocycles. The van der Waals surface area contributed by atoms with Crippen molar-refractivity contribution in [1.29, 1.82) is 0 Å². The van der Waals surface area contributed by atoms with Gasteiger partial charge in [-0.05, 0) is 13.8 Å². The summed E-state index contributed by atoms with van der Waals surface area (Å²) < 4.78 is 10.2. The van der Waals surface area contributed by atoms with E-state index in [0.29, 0.717) is 39.5 Å². The largest absolute Gasteiger partial charge is 0.389 e. The average Bonchev–Trinajstić information content (AvgIpc) is 2.37. The topological polar surface area (TPSA) is 83.0 Å². The van der Waals surface area contributed by atoms with Crippen LogP contribution in [0.5, 0.6) is 0 Å². The van der Waals surface area contributed by atoms with Gasteiger partial charge in [-0.1, -0.05) is 0 Å². The highest BCUT2D eigenvalue weighted by Crippen LogP contribution is 1.84. The zero-order valence-electron chi connectivity index (χ0n) is 11.5. The van der Waals surface area contributed by atoms with Crippen LogP contribution in [0.25, 0.3) is 0 Å². The van der Waals surface area contributed by atoms with Gasteiger partial charge in [0, 0.05) is 39.4 Å². The Morgan fingerprint density at radius 2 is 1.22 bits per heavy atom. The Kier molecular flexibility index (Phi) is 13.0. The maximum absolute atomic E-state index is 9.46. The smallest absolute Gasteiger partial charge is 0.0897 e. The van der Waals surface area contributed by atoms with Crippen molar-refractivity contribution in [3.63, 3.8) is 0 Å².